The number of phosphoric acid groups is 1. The topological polar surface area (TPSA) is 131 Å². The number of ether oxygens (including phenoxy) is 1. The molecular formula is C51H92NO8P. The molecule has 0 aliphatic carbocycles. The molecule has 61 heavy (non-hydrogen) atoms. The van der Waals surface area contributed by atoms with E-state index in [9.17, 15) is 24.2 Å². The first-order chi connectivity index (χ1) is 29.8. The maximum Gasteiger partial charge on any atom is 0.472 e. The van der Waals surface area contributed by atoms with Crippen molar-refractivity contribution in [3.63, 3.8) is 0 Å². The molecule has 9 nitrogen and oxygen atoms in total. The maximum atomic E-state index is 12.1. The second-order valence-electron chi connectivity index (χ2n) is 16.4. The molecule has 354 valence electrons. The number of rotatable bonds is 46. The van der Waals surface area contributed by atoms with Gasteiger partial charge in [0, 0.05) is 19.4 Å². The van der Waals surface area contributed by atoms with E-state index in [1.165, 1.54) is 116 Å². The highest BCUT2D eigenvalue weighted by atomic mass is 31.2. The highest BCUT2D eigenvalue weighted by molar-refractivity contribution is 7.47. The Hall–Kier alpha value is -2.29. The lowest BCUT2D eigenvalue weighted by atomic mass is 10.0. The van der Waals surface area contributed by atoms with Crippen molar-refractivity contribution in [2.45, 2.75) is 225 Å². The summed E-state index contributed by atoms with van der Waals surface area (Å²) in [6, 6.07) is 0. The Bertz CT molecular complexity index is 1180. The summed E-state index contributed by atoms with van der Waals surface area (Å²) >= 11 is 0. The number of esters is 1. The minimum atomic E-state index is -4.43. The van der Waals surface area contributed by atoms with Gasteiger partial charge in [0.25, 0.3) is 0 Å². The molecule has 0 aliphatic rings. The van der Waals surface area contributed by atoms with Crippen molar-refractivity contribution in [3.8, 4) is 0 Å². The lowest BCUT2D eigenvalue weighted by Crippen LogP contribution is -2.27. The van der Waals surface area contributed by atoms with E-state index >= 15 is 0 Å². The molecule has 0 fully saturated rings. The van der Waals surface area contributed by atoms with Gasteiger partial charge in [-0.2, -0.15) is 0 Å². The number of carbonyl (C=O) groups is 2. The van der Waals surface area contributed by atoms with Crippen molar-refractivity contribution >= 4 is 19.7 Å². The summed E-state index contributed by atoms with van der Waals surface area (Å²) < 4.78 is 27.0. The smallest absolute Gasteiger partial charge is 0.463 e. The first kappa shape index (κ1) is 58.7. The Balaban J connectivity index is 3.59. The summed E-state index contributed by atoms with van der Waals surface area (Å²) in [5.41, 5.74) is 0. The number of aliphatic hydroxyl groups is 1. The molecule has 0 radical (unpaired) electrons. The van der Waals surface area contributed by atoms with Crippen molar-refractivity contribution in [3.05, 3.63) is 60.8 Å². The standard InChI is InChI=1S/C51H92NO8P/c1-3-5-7-9-11-13-15-17-19-21-22-23-24-25-26-28-29-31-33-35-37-39-41-43-50(54)52-45-46-59-61(56,57)60-48-49(53)47-58-51(55)44-42-40-38-36-34-32-30-27-20-18-16-14-12-10-8-6-4-2/h5,7,11,13,17,19,22-23,25-26,49,53H,3-4,6,8-10,12,14-16,18,20-21,24,27-48H2,1-2H3,(H,52,54)(H,56,57)/b7-5-,13-11-,19-17-,23-22-,26-25-. The van der Waals surface area contributed by atoms with Crippen LogP contribution in [-0.2, 0) is 27.9 Å². The van der Waals surface area contributed by atoms with E-state index in [1.54, 1.807) is 0 Å². The zero-order chi connectivity index (χ0) is 44.6. The van der Waals surface area contributed by atoms with E-state index in [0.717, 1.165) is 77.0 Å². The van der Waals surface area contributed by atoms with Gasteiger partial charge >= 0.3 is 13.8 Å². The van der Waals surface area contributed by atoms with Crippen LogP contribution >= 0.6 is 7.82 Å². The predicted molar refractivity (Wildman–Crippen MR) is 256 cm³/mol. The van der Waals surface area contributed by atoms with E-state index in [-0.39, 0.29) is 32.1 Å². The zero-order valence-electron chi connectivity index (χ0n) is 39.1. The van der Waals surface area contributed by atoms with Crippen LogP contribution in [0, 0.1) is 0 Å². The van der Waals surface area contributed by atoms with Crippen LogP contribution in [0.25, 0.3) is 0 Å². The number of unbranched alkanes of at least 4 members (excludes halogenated alkanes) is 23. The van der Waals surface area contributed by atoms with E-state index in [1.807, 2.05) is 0 Å². The van der Waals surface area contributed by atoms with Crippen molar-refractivity contribution in [2.24, 2.45) is 0 Å². The number of nitrogens with one attached hydrogen (secondary N) is 1. The summed E-state index contributed by atoms with van der Waals surface area (Å²) in [6.07, 6.45) is 57.2. The molecule has 2 atom stereocenters. The highest BCUT2D eigenvalue weighted by Crippen LogP contribution is 2.42. The van der Waals surface area contributed by atoms with Gasteiger partial charge in [0.1, 0.15) is 12.7 Å². The quantitative estimate of drug-likeness (QED) is 0.0238. The maximum absolute atomic E-state index is 12.1. The van der Waals surface area contributed by atoms with E-state index in [2.05, 4.69) is 79.9 Å². The lowest BCUT2D eigenvalue weighted by molar-refractivity contribution is -0.147. The van der Waals surface area contributed by atoms with Gasteiger partial charge in [-0.25, -0.2) is 4.57 Å². The van der Waals surface area contributed by atoms with Crippen molar-refractivity contribution in [1.82, 2.24) is 5.32 Å². The van der Waals surface area contributed by atoms with E-state index in [4.69, 9.17) is 13.8 Å². The number of hydrogen-bond acceptors (Lipinski definition) is 7. The van der Waals surface area contributed by atoms with Gasteiger partial charge in [-0.3, -0.25) is 18.6 Å². The second-order valence-corrected chi connectivity index (χ2v) is 17.9. The second kappa shape index (κ2) is 47.2. The number of aliphatic hydroxyl groups excluding tert-OH is 1. The van der Waals surface area contributed by atoms with Crippen molar-refractivity contribution < 1.29 is 37.9 Å². The van der Waals surface area contributed by atoms with Crippen LogP contribution in [-0.4, -0.2) is 54.3 Å². The third-order valence-electron chi connectivity index (χ3n) is 10.5. The fourth-order valence-electron chi connectivity index (χ4n) is 6.76. The zero-order valence-corrected chi connectivity index (χ0v) is 40.0. The van der Waals surface area contributed by atoms with Gasteiger partial charge in [0.15, 0.2) is 0 Å². The normalized spacial score (nSPS) is 13.7. The van der Waals surface area contributed by atoms with E-state index < -0.39 is 26.5 Å². The molecule has 0 spiro atoms. The van der Waals surface area contributed by atoms with Crippen LogP contribution in [0.4, 0.5) is 0 Å². The van der Waals surface area contributed by atoms with Crippen LogP contribution in [0.15, 0.2) is 60.8 Å². The molecule has 10 heteroatoms. The Morgan fingerprint density at radius 2 is 0.934 bits per heavy atom. The van der Waals surface area contributed by atoms with Gasteiger partial charge in [-0.05, 0) is 57.8 Å². The molecule has 0 rings (SSSR count). The third-order valence-corrected chi connectivity index (χ3v) is 11.4. The number of allylic oxidation sites excluding steroid dienone is 10. The third kappa shape index (κ3) is 48.6. The molecule has 0 aromatic heterocycles. The molecular weight excluding hydrogens is 786 g/mol. The average Bonchev–Trinajstić information content (AvgIpc) is 3.25. The van der Waals surface area contributed by atoms with Gasteiger partial charge < -0.3 is 20.1 Å². The fraction of sp³-hybridized carbons (Fsp3) is 0.765. The van der Waals surface area contributed by atoms with Crippen LogP contribution in [0.3, 0.4) is 0 Å². The van der Waals surface area contributed by atoms with Gasteiger partial charge in [-0.15, -0.1) is 0 Å². The Morgan fingerprint density at radius 1 is 0.525 bits per heavy atom. The van der Waals surface area contributed by atoms with Crippen molar-refractivity contribution in [2.75, 3.05) is 26.4 Å². The molecule has 0 aliphatic heterocycles. The summed E-state index contributed by atoms with van der Waals surface area (Å²) in [5.74, 6) is -0.524. The van der Waals surface area contributed by atoms with Crippen LogP contribution < -0.4 is 5.32 Å². The highest BCUT2D eigenvalue weighted by Gasteiger charge is 2.23. The first-order valence-corrected chi connectivity index (χ1v) is 26.3. The minimum Gasteiger partial charge on any atom is -0.463 e. The lowest BCUT2D eigenvalue weighted by Gasteiger charge is -2.15. The molecule has 2 unspecified atom stereocenters. The first-order valence-electron chi connectivity index (χ1n) is 24.8. The molecule has 0 saturated heterocycles. The summed E-state index contributed by atoms with van der Waals surface area (Å²) in [7, 11) is -4.43. The minimum absolute atomic E-state index is 0.0736. The summed E-state index contributed by atoms with van der Waals surface area (Å²) in [4.78, 5) is 34.0. The fourth-order valence-corrected chi connectivity index (χ4v) is 7.52. The molecule has 0 bridgehead atoms. The van der Waals surface area contributed by atoms with Gasteiger partial charge in [-0.1, -0.05) is 209 Å². The summed E-state index contributed by atoms with van der Waals surface area (Å²) in [5, 5.41) is 12.7. The molecule has 3 N–H and O–H groups in total. The Kier molecular flexibility index (Phi) is 45.4. The number of carbonyl (C=O) groups excluding carboxylic acids is 2. The SMILES string of the molecule is CC/C=C\C/C=C\C/C=C\C/C=C\C/C=C\CCCCCCCCCC(=O)NCCOP(=O)(O)OCC(O)COC(=O)CCCCCCCCCCCCCCCCCCC. The van der Waals surface area contributed by atoms with E-state index in [0.29, 0.717) is 6.42 Å². The molecule has 0 aromatic carbocycles. The number of phosphoric ester groups is 1. The van der Waals surface area contributed by atoms with Crippen LogP contribution in [0.5, 0.6) is 0 Å². The molecule has 0 saturated carbocycles. The van der Waals surface area contributed by atoms with Crippen molar-refractivity contribution in [1.29, 1.82) is 0 Å². The largest absolute Gasteiger partial charge is 0.472 e. The monoisotopic (exact) mass is 878 g/mol. The number of hydrogen-bond donors (Lipinski definition) is 3. The van der Waals surface area contributed by atoms with Gasteiger partial charge in [0.05, 0.1) is 13.2 Å². The predicted octanol–water partition coefficient (Wildman–Crippen LogP) is 14.4. The van der Waals surface area contributed by atoms with Crippen LogP contribution in [0.1, 0.15) is 219 Å². The Morgan fingerprint density at radius 3 is 1.41 bits per heavy atom. The Labute approximate surface area is 374 Å². The van der Waals surface area contributed by atoms with Crippen LogP contribution in [0.2, 0.25) is 0 Å². The van der Waals surface area contributed by atoms with Gasteiger partial charge in [0.2, 0.25) is 5.91 Å². The number of amides is 1. The average molecular weight is 878 g/mol. The molecule has 0 aromatic rings. The molecule has 1 amide bonds. The summed E-state index contributed by atoms with van der Waals surface area (Å²) in [6.45, 7) is 3.45. The molecule has 0 heterocycles.